The summed E-state index contributed by atoms with van der Waals surface area (Å²) in [5, 5.41) is 5.19. The van der Waals surface area contributed by atoms with Crippen LogP contribution in [0.4, 0.5) is 0 Å². The number of pyridine rings is 1. The maximum atomic E-state index is 5.47. The maximum Gasteiger partial charge on any atom is 0.105 e. The second-order valence-corrected chi connectivity index (χ2v) is 16.1. The fourth-order valence-corrected chi connectivity index (χ4v) is 8.36. The molecule has 0 aliphatic rings. The fourth-order valence-electron chi connectivity index (χ4n) is 6.29. The van der Waals surface area contributed by atoms with Gasteiger partial charge < -0.3 is 0 Å². The van der Waals surface area contributed by atoms with Gasteiger partial charge in [0.05, 0.1) is 25.8 Å². The molecule has 0 N–H and O–H groups in total. The summed E-state index contributed by atoms with van der Waals surface area (Å²) in [6.07, 6.45) is 7.62. The quantitative estimate of drug-likeness (QED) is 0.127. The van der Waals surface area contributed by atoms with Crippen LogP contribution < -0.4 is 0 Å². The van der Waals surface area contributed by atoms with Crippen molar-refractivity contribution in [3.8, 4) is 69.7 Å². The van der Waals surface area contributed by atoms with Gasteiger partial charge in [-0.1, -0.05) is 168 Å². The van der Waals surface area contributed by atoms with Crippen LogP contribution >= 0.6 is 34.0 Å². The van der Waals surface area contributed by atoms with Gasteiger partial charge in [-0.25, -0.2) is 4.98 Å². The largest absolute Gasteiger partial charge is 0.245 e. The van der Waals surface area contributed by atoms with Crippen molar-refractivity contribution in [2.45, 2.75) is 79.1 Å². The van der Waals surface area contributed by atoms with Gasteiger partial charge in [-0.05, 0) is 66.1 Å². The summed E-state index contributed by atoms with van der Waals surface area (Å²) in [5.41, 5.74) is 9.63. The molecule has 2 aromatic carbocycles. The Morgan fingerprint density at radius 1 is 0.509 bits per heavy atom. The lowest BCUT2D eigenvalue weighted by atomic mass is 9.97. The first-order chi connectivity index (χ1) is 27.1. The molecule has 6 rings (SSSR count). The van der Waals surface area contributed by atoms with Crippen LogP contribution in [0.2, 0.25) is 0 Å². The minimum absolute atomic E-state index is 0.885. The smallest absolute Gasteiger partial charge is 0.105 e. The van der Waals surface area contributed by atoms with E-state index in [9.17, 15) is 0 Å². The molecule has 1 nitrogen and oxygen atoms in total. The van der Waals surface area contributed by atoms with Crippen molar-refractivity contribution in [3.05, 3.63) is 144 Å². The molecule has 6 aromatic rings. The van der Waals surface area contributed by atoms with Crippen LogP contribution in [0, 0.1) is 47.4 Å². The Labute approximate surface area is 340 Å². The minimum atomic E-state index is 0.885. The predicted molar refractivity (Wildman–Crippen MR) is 240 cm³/mol. The summed E-state index contributed by atoms with van der Waals surface area (Å²) in [6.45, 7) is 8.85. The highest BCUT2D eigenvalue weighted by Crippen LogP contribution is 2.38. The van der Waals surface area contributed by atoms with Crippen LogP contribution in [0.15, 0.2) is 124 Å². The molecule has 0 aliphatic carbocycles. The molecule has 0 amide bonds. The molecule has 0 fully saturated rings. The Balaban J connectivity index is 1.58. The maximum absolute atomic E-state index is 5.47. The van der Waals surface area contributed by atoms with E-state index >= 15 is 0 Å². The highest BCUT2D eigenvalue weighted by molar-refractivity contribution is 7.15. The Bertz CT molecular complexity index is 2340. The van der Waals surface area contributed by atoms with Crippen LogP contribution in [0.25, 0.3) is 33.3 Å². The molecular weight excluding hydrogens is 723 g/mol. The minimum Gasteiger partial charge on any atom is -0.245 e. The Kier molecular flexibility index (Phi) is 14.6. The average Bonchev–Trinajstić information content (AvgIpc) is 4.01. The average molecular weight is 768 g/mol. The number of hydrogen-bond acceptors (Lipinski definition) is 4. The van der Waals surface area contributed by atoms with Crippen LogP contribution in [-0.4, -0.2) is 4.98 Å². The Morgan fingerprint density at radius 3 is 1.42 bits per heavy atom. The molecule has 0 aliphatic heterocycles. The molecule has 0 radical (unpaired) electrons. The molecule has 0 bridgehead atoms. The summed E-state index contributed by atoms with van der Waals surface area (Å²) >= 11 is 5.00. The van der Waals surface area contributed by atoms with Crippen LogP contribution in [0.5, 0.6) is 0 Å². The molecule has 0 unspecified atom stereocenters. The number of nitrogens with zero attached hydrogens (tertiary/aromatic N) is 1. The highest BCUT2D eigenvalue weighted by Gasteiger charge is 2.18. The number of allylic oxidation sites excluding steroid dienone is 4. The first kappa shape index (κ1) is 39.4. The molecule has 4 heteroatoms. The van der Waals surface area contributed by atoms with Crippen LogP contribution in [-0.2, 0) is 0 Å². The van der Waals surface area contributed by atoms with E-state index in [1.54, 1.807) is 34.0 Å². The number of thiophene rings is 3. The molecule has 4 heterocycles. The standard InChI is InChI=1S/C51H45NS3/c1-5-17-38(27-31-44-25-15-35-53-44)40(19-7-3)29-33-48-47-37-46(42-21-11-9-12-22-42)50(43-23-13-10-14-24-43)52-51(47)49(55-48)34-30-41(20-8-4)39(18-6-2)28-32-45-26-16-36-54-45/h9-16,21-26,35-37H,5-8,17-20H2,1-4H3/b40-38+,41-39+. The van der Waals surface area contributed by atoms with Gasteiger partial charge in [0, 0.05) is 38.8 Å². The summed E-state index contributed by atoms with van der Waals surface area (Å²) in [4.78, 5) is 9.53. The van der Waals surface area contributed by atoms with Crippen molar-refractivity contribution in [3.63, 3.8) is 0 Å². The van der Waals surface area contributed by atoms with Gasteiger partial charge in [0.15, 0.2) is 0 Å². The van der Waals surface area contributed by atoms with Crippen molar-refractivity contribution < 1.29 is 0 Å². The second-order valence-electron chi connectivity index (χ2n) is 13.1. The van der Waals surface area contributed by atoms with Crippen molar-refractivity contribution in [2.75, 3.05) is 0 Å². The van der Waals surface area contributed by atoms with Crippen molar-refractivity contribution in [2.24, 2.45) is 0 Å². The molecule has 0 atom stereocenters. The molecule has 272 valence electrons. The van der Waals surface area contributed by atoms with Gasteiger partial charge in [0.2, 0.25) is 0 Å². The van der Waals surface area contributed by atoms with Crippen LogP contribution in [0.1, 0.15) is 98.6 Å². The molecule has 4 aromatic heterocycles. The number of rotatable bonds is 10. The van der Waals surface area contributed by atoms with E-state index in [4.69, 9.17) is 4.98 Å². The van der Waals surface area contributed by atoms with Crippen LogP contribution in [0.3, 0.4) is 0 Å². The first-order valence-electron chi connectivity index (χ1n) is 19.3. The lowest BCUT2D eigenvalue weighted by Gasteiger charge is -2.10. The monoisotopic (exact) mass is 767 g/mol. The first-order valence-corrected chi connectivity index (χ1v) is 21.9. The van der Waals surface area contributed by atoms with Gasteiger partial charge >= 0.3 is 0 Å². The molecule has 55 heavy (non-hydrogen) atoms. The zero-order valence-corrected chi connectivity index (χ0v) is 34.6. The van der Waals surface area contributed by atoms with E-state index in [0.717, 1.165) is 126 Å². The third-order valence-corrected chi connectivity index (χ3v) is 11.5. The summed E-state index contributed by atoms with van der Waals surface area (Å²) in [7, 11) is 0. The Morgan fingerprint density at radius 2 is 0.964 bits per heavy atom. The van der Waals surface area contributed by atoms with Crippen molar-refractivity contribution in [1.82, 2.24) is 4.98 Å². The molecule has 0 spiro atoms. The number of hydrogen-bond donors (Lipinski definition) is 0. The Hall–Kier alpha value is -5.33. The van der Waals surface area contributed by atoms with E-state index in [1.807, 2.05) is 0 Å². The predicted octanol–water partition coefficient (Wildman–Crippen LogP) is 14.4. The van der Waals surface area contributed by atoms with E-state index in [0.29, 0.717) is 0 Å². The SMILES string of the molecule is CCC/C(C#Cc1cccs1)=C(\C#Cc1sc(C#C/C(CCC)=C(/C#Cc2cccs2)CCC)c2nc(-c3ccccc3)c(-c3ccccc3)cc12)CCC. The molecule has 0 saturated heterocycles. The normalized spacial score (nSPS) is 11.5. The van der Waals surface area contributed by atoms with E-state index in [-0.39, 0.29) is 0 Å². The zero-order chi connectivity index (χ0) is 38.2. The number of fused-ring (bicyclic) bond motifs is 1. The third-order valence-electron chi connectivity index (χ3n) is 8.92. The zero-order valence-electron chi connectivity index (χ0n) is 32.1. The van der Waals surface area contributed by atoms with Crippen molar-refractivity contribution in [1.29, 1.82) is 0 Å². The fraction of sp³-hybridized carbons (Fsp3) is 0.235. The molecular formula is C51H45NS3. The van der Waals surface area contributed by atoms with E-state index < -0.39 is 0 Å². The van der Waals surface area contributed by atoms with Gasteiger partial charge in [-0.15, -0.1) is 34.0 Å². The topological polar surface area (TPSA) is 12.9 Å². The summed E-state index contributed by atoms with van der Waals surface area (Å²) in [6, 6.07) is 31.6. The third kappa shape index (κ3) is 10.5. The number of aromatic nitrogens is 1. The van der Waals surface area contributed by atoms with Gasteiger partial charge in [0.25, 0.3) is 0 Å². The van der Waals surface area contributed by atoms with E-state index in [2.05, 4.69) is 177 Å². The lowest BCUT2D eigenvalue weighted by Crippen LogP contribution is -1.92. The second kappa shape index (κ2) is 20.4. The highest BCUT2D eigenvalue weighted by atomic mass is 32.1. The van der Waals surface area contributed by atoms with Crippen molar-refractivity contribution >= 4 is 44.9 Å². The molecule has 0 saturated carbocycles. The van der Waals surface area contributed by atoms with E-state index in [1.165, 1.54) is 0 Å². The van der Waals surface area contributed by atoms with Gasteiger partial charge in [-0.2, -0.15) is 0 Å². The van der Waals surface area contributed by atoms with Gasteiger partial charge in [0.1, 0.15) is 4.88 Å². The number of benzene rings is 2. The lowest BCUT2D eigenvalue weighted by molar-refractivity contribution is 0.880. The summed E-state index contributed by atoms with van der Waals surface area (Å²) in [5.74, 6) is 28.4. The summed E-state index contributed by atoms with van der Waals surface area (Å²) < 4.78 is 0. The van der Waals surface area contributed by atoms with Gasteiger partial charge in [-0.3, -0.25) is 0 Å².